The van der Waals surface area contributed by atoms with Gasteiger partial charge in [-0.15, -0.1) is 0 Å². The molecule has 102 valence electrons. The predicted molar refractivity (Wildman–Crippen MR) is 78.1 cm³/mol. The molecule has 1 aromatic rings. The highest BCUT2D eigenvalue weighted by Gasteiger charge is 2.06. The van der Waals surface area contributed by atoms with Gasteiger partial charge in [0.25, 0.3) is 0 Å². The van der Waals surface area contributed by atoms with Crippen LogP contribution in [0.15, 0.2) is 24.3 Å². The third kappa shape index (κ3) is 5.65. The van der Waals surface area contributed by atoms with E-state index in [9.17, 15) is 0 Å². The molecular weight excluding hydrogens is 222 g/mol. The number of aryl methyl sites for hydroxylation is 1. The fourth-order valence-electron chi connectivity index (χ4n) is 2.12. The number of ether oxygens (including phenoxy) is 1. The molecule has 0 saturated carbocycles. The smallest absolute Gasteiger partial charge is 0.0466 e. The number of nitrogens with one attached hydrogen (secondary N) is 1. The van der Waals surface area contributed by atoms with Crippen molar-refractivity contribution in [3.05, 3.63) is 35.4 Å². The average molecular weight is 249 g/mol. The quantitative estimate of drug-likeness (QED) is 0.679. The van der Waals surface area contributed by atoms with E-state index in [4.69, 9.17) is 4.74 Å². The van der Waals surface area contributed by atoms with E-state index in [1.807, 2.05) is 14.0 Å². The van der Waals surface area contributed by atoms with Crippen LogP contribution in [0.1, 0.15) is 37.8 Å². The maximum Gasteiger partial charge on any atom is 0.0466 e. The molecule has 0 spiro atoms. The molecule has 0 aliphatic rings. The molecule has 0 aromatic heterocycles. The van der Waals surface area contributed by atoms with E-state index in [0.29, 0.717) is 6.04 Å². The van der Waals surface area contributed by atoms with Crippen LogP contribution in [0.2, 0.25) is 0 Å². The first-order chi connectivity index (χ1) is 8.80. The second-order valence-electron chi connectivity index (χ2n) is 4.70. The highest BCUT2D eigenvalue weighted by molar-refractivity contribution is 5.23. The first kappa shape index (κ1) is 15.2. The lowest BCUT2D eigenvalue weighted by Gasteiger charge is -2.16. The fraction of sp³-hybridized carbons (Fsp3) is 0.625. The van der Waals surface area contributed by atoms with E-state index >= 15 is 0 Å². The highest BCUT2D eigenvalue weighted by atomic mass is 16.5. The Morgan fingerprint density at radius 1 is 1.11 bits per heavy atom. The Morgan fingerprint density at radius 2 is 1.78 bits per heavy atom. The minimum atomic E-state index is 0.554. The molecule has 0 fully saturated rings. The number of hydrogen-bond donors (Lipinski definition) is 1. The first-order valence-electron chi connectivity index (χ1n) is 7.13. The Morgan fingerprint density at radius 3 is 2.33 bits per heavy atom. The Labute approximate surface area is 112 Å². The minimum Gasteiger partial charge on any atom is -0.382 e. The van der Waals surface area contributed by atoms with E-state index < -0.39 is 0 Å². The zero-order valence-electron chi connectivity index (χ0n) is 12.0. The van der Waals surface area contributed by atoms with Gasteiger partial charge in [0.15, 0.2) is 0 Å². The van der Waals surface area contributed by atoms with E-state index in [1.165, 1.54) is 17.5 Å². The molecular formula is C16H27NO. The van der Waals surface area contributed by atoms with Crippen molar-refractivity contribution < 1.29 is 4.74 Å². The monoisotopic (exact) mass is 249 g/mol. The van der Waals surface area contributed by atoms with Gasteiger partial charge in [-0.25, -0.2) is 0 Å². The van der Waals surface area contributed by atoms with Crippen molar-refractivity contribution in [3.8, 4) is 0 Å². The van der Waals surface area contributed by atoms with Crippen LogP contribution in [-0.2, 0) is 17.6 Å². The van der Waals surface area contributed by atoms with Gasteiger partial charge in [-0.05, 0) is 50.8 Å². The molecule has 1 aromatic carbocycles. The maximum atomic E-state index is 5.38. The summed E-state index contributed by atoms with van der Waals surface area (Å²) in [6.45, 7) is 5.94. The summed E-state index contributed by atoms with van der Waals surface area (Å²) >= 11 is 0. The summed E-state index contributed by atoms with van der Waals surface area (Å²) in [7, 11) is 2.05. The van der Waals surface area contributed by atoms with Crippen LogP contribution in [-0.4, -0.2) is 26.3 Å². The average Bonchev–Trinajstić information content (AvgIpc) is 2.43. The van der Waals surface area contributed by atoms with Crippen molar-refractivity contribution >= 4 is 0 Å². The zero-order valence-corrected chi connectivity index (χ0v) is 12.0. The van der Waals surface area contributed by atoms with E-state index in [-0.39, 0.29) is 0 Å². The fourth-order valence-corrected chi connectivity index (χ4v) is 2.12. The van der Waals surface area contributed by atoms with Crippen LogP contribution < -0.4 is 5.32 Å². The van der Waals surface area contributed by atoms with E-state index in [2.05, 4.69) is 36.5 Å². The van der Waals surface area contributed by atoms with Crippen molar-refractivity contribution in [3.63, 3.8) is 0 Å². The summed E-state index contributed by atoms with van der Waals surface area (Å²) in [5, 5.41) is 3.40. The summed E-state index contributed by atoms with van der Waals surface area (Å²) in [5.41, 5.74) is 2.83. The summed E-state index contributed by atoms with van der Waals surface area (Å²) in [5.74, 6) is 0. The Bertz CT molecular complexity index is 307. The third-order valence-electron chi connectivity index (χ3n) is 3.37. The largest absolute Gasteiger partial charge is 0.382 e. The van der Waals surface area contributed by atoms with Gasteiger partial charge in [0.1, 0.15) is 0 Å². The van der Waals surface area contributed by atoms with Crippen molar-refractivity contribution in [2.45, 2.75) is 45.6 Å². The molecule has 18 heavy (non-hydrogen) atoms. The number of benzene rings is 1. The van der Waals surface area contributed by atoms with Gasteiger partial charge in [0.05, 0.1) is 0 Å². The van der Waals surface area contributed by atoms with Crippen LogP contribution in [0.5, 0.6) is 0 Å². The number of hydrogen-bond acceptors (Lipinski definition) is 2. The van der Waals surface area contributed by atoms with Crippen LogP contribution in [0.4, 0.5) is 0 Å². The van der Waals surface area contributed by atoms with Gasteiger partial charge in [-0.1, -0.05) is 31.2 Å². The summed E-state index contributed by atoms with van der Waals surface area (Å²) in [4.78, 5) is 0. The Balaban J connectivity index is 2.36. The summed E-state index contributed by atoms with van der Waals surface area (Å²) < 4.78 is 5.38. The molecule has 0 saturated heterocycles. The molecule has 0 bridgehead atoms. The van der Waals surface area contributed by atoms with Crippen LogP contribution in [0.25, 0.3) is 0 Å². The van der Waals surface area contributed by atoms with Crippen LogP contribution in [0.3, 0.4) is 0 Å². The van der Waals surface area contributed by atoms with Crippen LogP contribution >= 0.6 is 0 Å². The molecule has 0 aliphatic heterocycles. The normalized spacial score (nSPS) is 12.6. The molecule has 1 unspecified atom stereocenters. The van der Waals surface area contributed by atoms with Crippen molar-refractivity contribution in [2.75, 3.05) is 20.3 Å². The molecule has 0 radical (unpaired) electrons. The molecule has 1 atom stereocenters. The topological polar surface area (TPSA) is 21.3 Å². The van der Waals surface area contributed by atoms with Crippen LogP contribution in [0, 0.1) is 0 Å². The minimum absolute atomic E-state index is 0.554. The third-order valence-corrected chi connectivity index (χ3v) is 3.37. The van der Waals surface area contributed by atoms with Gasteiger partial charge >= 0.3 is 0 Å². The second-order valence-corrected chi connectivity index (χ2v) is 4.70. The predicted octanol–water partition coefficient (Wildman–Crippen LogP) is 3.20. The van der Waals surface area contributed by atoms with E-state index in [0.717, 1.165) is 32.5 Å². The van der Waals surface area contributed by atoms with Crippen molar-refractivity contribution in [1.82, 2.24) is 5.32 Å². The second kappa shape index (κ2) is 9.12. The lowest BCUT2D eigenvalue weighted by atomic mass is 10.0. The zero-order chi connectivity index (χ0) is 13.2. The number of rotatable bonds is 9. The lowest BCUT2D eigenvalue weighted by molar-refractivity contribution is 0.141. The van der Waals surface area contributed by atoms with Gasteiger partial charge in [-0.3, -0.25) is 0 Å². The standard InChI is InChI=1S/C16H27NO/c1-4-14-8-10-15(11-9-14)13-16(17-3)7-6-12-18-5-2/h8-11,16-17H,4-7,12-13H2,1-3H3. The molecule has 2 nitrogen and oxygen atoms in total. The van der Waals surface area contributed by atoms with E-state index in [1.54, 1.807) is 0 Å². The molecule has 1 rings (SSSR count). The Hall–Kier alpha value is -0.860. The maximum absolute atomic E-state index is 5.38. The van der Waals surface area contributed by atoms with Gasteiger partial charge < -0.3 is 10.1 Å². The van der Waals surface area contributed by atoms with Gasteiger partial charge in [-0.2, -0.15) is 0 Å². The van der Waals surface area contributed by atoms with Gasteiger partial charge in [0.2, 0.25) is 0 Å². The SMILES string of the molecule is CCOCCCC(Cc1ccc(CC)cc1)NC. The molecule has 0 amide bonds. The summed E-state index contributed by atoms with van der Waals surface area (Å²) in [6.07, 6.45) is 4.52. The summed E-state index contributed by atoms with van der Waals surface area (Å²) in [6, 6.07) is 9.54. The molecule has 1 N–H and O–H groups in total. The Kier molecular flexibility index (Phi) is 7.70. The first-order valence-corrected chi connectivity index (χ1v) is 7.13. The van der Waals surface area contributed by atoms with Crippen molar-refractivity contribution in [2.24, 2.45) is 0 Å². The molecule has 0 heterocycles. The number of likely N-dealkylation sites (N-methyl/N-ethyl adjacent to an activating group) is 1. The lowest BCUT2D eigenvalue weighted by Crippen LogP contribution is -2.27. The molecule has 2 heteroatoms. The van der Waals surface area contributed by atoms with Gasteiger partial charge in [0, 0.05) is 19.3 Å². The van der Waals surface area contributed by atoms with Crippen molar-refractivity contribution in [1.29, 1.82) is 0 Å². The highest BCUT2D eigenvalue weighted by Crippen LogP contribution is 2.10. The molecule has 0 aliphatic carbocycles.